The number of aliphatic hydroxyl groups excluding tert-OH is 1. The number of ketones is 1. The molecule has 0 heterocycles. The summed E-state index contributed by atoms with van der Waals surface area (Å²) in [4.78, 5) is 34.6. The maximum absolute atomic E-state index is 11.6. The quantitative estimate of drug-likeness (QED) is 0.576. The molecule has 0 saturated carbocycles. The Hall–Kier alpha value is -2.99. The lowest BCUT2D eigenvalue weighted by molar-refractivity contribution is -0.120. The summed E-state index contributed by atoms with van der Waals surface area (Å²) in [5, 5.41) is 12.8. The van der Waals surface area contributed by atoms with Gasteiger partial charge < -0.3 is 5.11 Å². The summed E-state index contributed by atoms with van der Waals surface area (Å²) in [6, 6.07) is 15.1. The molecule has 0 fully saturated rings. The topological polar surface area (TPSA) is 83.8 Å². The highest BCUT2D eigenvalue weighted by Crippen LogP contribution is 2.36. The van der Waals surface area contributed by atoms with Crippen molar-refractivity contribution in [3.05, 3.63) is 98.0 Å². The predicted octanol–water partition coefficient (Wildman–Crippen LogP) is 5.74. The summed E-state index contributed by atoms with van der Waals surface area (Å²) in [7, 11) is 0. The van der Waals surface area contributed by atoms with E-state index in [1.807, 2.05) is 37.3 Å². The van der Waals surface area contributed by atoms with Gasteiger partial charge in [0.25, 0.3) is 0 Å². The van der Waals surface area contributed by atoms with Crippen LogP contribution >= 0.6 is 11.8 Å². The van der Waals surface area contributed by atoms with Crippen LogP contribution in [0.15, 0.2) is 76.0 Å². The Morgan fingerprint density at radius 1 is 1.10 bits per heavy atom. The summed E-state index contributed by atoms with van der Waals surface area (Å²) in [5.74, 6) is -0.283. The van der Waals surface area contributed by atoms with Gasteiger partial charge in [0.2, 0.25) is 0 Å². The standard InChI is InChI=1S/C24H23NO4S/c1-15-22(10-9-21(16(2)26)23(15)27)30-14-19-7-3-5-17(12-19)11-18-6-4-8-20(13-18)24(28)25-29/h3-8,10,12-13,21,27H,9,11,14H2,1-2H3. The van der Waals surface area contributed by atoms with Crippen LogP contribution in [0.25, 0.3) is 0 Å². The molecule has 5 nitrogen and oxygen atoms in total. The van der Waals surface area contributed by atoms with Gasteiger partial charge in [0.1, 0.15) is 11.5 Å². The minimum absolute atomic E-state index is 0.0189. The molecule has 0 spiro atoms. The van der Waals surface area contributed by atoms with Crippen LogP contribution in [0.4, 0.5) is 0 Å². The minimum atomic E-state index is -0.763. The fraction of sp³-hybridized carbons (Fsp3) is 0.250. The van der Waals surface area contributed by atoms with Crippen molar-refractivity contribution < 1.29 is 14.7 Å². The van der Waals surface area contributed by atoms with Crippen LogP contribution in [0.2, 0.25) is 0 Å². The molecule has 1 amide bonds. The van der Waals surface area contributed by atoms with E-state index in [0.29, 0.717) is 18.4 Å². The highest BCUT2D eigenvalue weighted by atomic mass is 32.2. The van der Waals surface area contributed by atoms with Gasteiger partial charge in [-0.05, 0) is 55.5 Å². The number of Topliss-reactive ketones (excluding diaryl/α,β-unsaturated/α-hetero) is 1. The molecule has 2 aromatic rings. The zero-order chi connectivity index (χ0) is 21.7. The lowest BCUT2D eigenvalue weighted by atomic mass is 9.91. The molecule has 6 heteroatoms. The Bertz CT molecular complexity index is 1050. The van der Waals surface area contributed by atoms with Crippen molar-refractivity contribution in [3.63, 3.8) is 0 Å². The molecule has 1 aliphatic carbocycles. The van der Waals surface area contributed by atoms with E-state index >= 15 is 0 Å². The van der Waals surface area contributed by atoms with E-state index in [1.165, 1.54) is 6.92 Å². The Morgan fingerprint density at radius 2 is 1.77 bits per heavy atom. The van der Waals surface area contributed by atoms with Gasteiger partial charge in [0.15, 0.2) is 0 Å². The first-order valence-corrected chi connectivity index (χ1v) is 10.7. The summed E-state index contributed by atoms with van der Waals surface area (Å²) >= 11 is 1.64. The van der Waals surface area contributed by atoms with E-state index in [2.05, 4.69) is 11.2 Å². The number of carbonyl (C=O) groups excluding carboxylic acids is 2. The van der Waals surface area contributed by atoms with Crippen molar-refractivity contribution in [1.29, 1.82) is 0 Å². The molecular formula is C24H23NO4S. The molecule has 2 aromatic carbocycles. The average Bonchev–Trinajstić information content (AvgIpc) is 2.74. The molecule has 0 aliphatic heterocycles. The predicted molar refractivity (Wildman–Crippen MR) is 119 cm³/mol. The first-order chi connectivity index (χ1) is 14.4. The Labute approximate surface area is 179 Å². The largest absolute Gasteiger partial charge is 0.511 e. The van der Waals surface area contributed by atoms with E-state index < -0.39 is 11.8 Å². The van der Waals surface area contributed by atoms with Gasteiger partial charge in [-0.3, -0.25) is 9.59 Å². The summed E-state index contributed by atoms with van der Waals surface area (Å²) < 4.78 is 0. The minimum Gasteiger partial charge on any atom is -0.511 e. The molecule has 1 N–H and O–H groups in total. The Morgan fingerprint density at radius 3 is 2.47 bits per heavy atom. The zero-order valence-electron chi connectivity index (χ0n) is 16.9. The van der Waals surface area contributed by atoms with E-state index in [-0.39, 0.29) is 11.5 Å². The molecule has 1 aliphatic rings. The van der Waals surface area contributed by atoms with Crippen molar-refractivity contribution in [1.82, 2.24) is 0 Å². The lowest BCUT2D eigenvalue weighted by Crippen LogP contribution is -2.17. The first-order valence-electron chi connectivity index (χ1n) is 9.67. The maximum atomic E-state index is 11.6. The van der Waals surface area contributed by atoms with Crippen molar-refractivity contribution in [2.24, 2.45) is 11.1 Å². The number of allylic oxidation sites excluding steroid dienone is 3. The number of benzene rings is 2. The normalized spacial score (nSPS) is 16.2. The van der Waals surface area contributed by atoms with Crippen molar-refractivity contribution in [2.45, 2.75) is 32.4 Å². The average molecular weight is 422 g/mol. The van der Waals surface area contributed by atoms with Crippen LogP contribution in [0, 0.1) is 10.8 Å². The van der Waals surface area contributed by atoms with E-state index in [4.69, 9.17) is 0 Å². The van der Waals surface area contributed by atoms with Gasteiger partial charge in [-0.25, -0.2) is 0 Å². The number of nitrogens with zero attached hydrogens (tertiary/aromatic N) is 1. The molecule has 0 aromatic heterocycles. The fourth-order valence-electron chi connectivity index (χ4n) is 3.50. The molecule has 0 bridgehead atoms. The van der Waals surface area contributed by atoms with Crippen molar-refractivity contribution >= 4 is 23.5 Å². The summed E-state index contributed by atoms with van der Waals surface area (Å²) in [6.45, 7) is 3.36. The van der Waals surface area contributed by atoms with Crippen LogP contribution < -0.4 is 0 Å². The van der Waals surface area contributed by atoms with Gasteiger partial charge in [0.05, 0.1) is 5.92 Å². The third-order valence-corrected chi connectivity index (χ3v) is 6.43. The van der Waals surface area contributed by atoms with Gasteiger partial charge in [-0.15, -0.1) is 16.7 Å². The number of rotatable bonds is 7. The zero-order valence-corrected chi connectivity index (χ0v) is 17.7. The van der Waals surface area contributed by atoms with Crippen LogP contribution in [-0.4, -0.2) is 16.8 Å². The van der Waals surface area contributed by atoms with Crippen LogP contribution in [0.3, 0.4) is 0 Å². The molecule has 0 saturated heterocycles. The second-order valence-corrected chi connectivity index (χ2v) is 8.38. The van der Waals surface area contributed by atoms with E-state index in [9.17, 15) is 19.6 Å². The summed E-state index contributed by atoms with van der Waals surface area (Å²) in [6.07, 6.45) is 3.20. The van der Waals surface area contributed by atoms with Crippen molar-refractivity contribution in [3.8, 4) is 0 Å². The summed E-state index contributed by atoms with van der Waals surface area (Å²) in [5.41, 5.74) is 4.24. The lowest BCUT2D eigenvalue weighted by Gasteiger charge is -2.21. The molecular weight excluding hydrogens is 398 g/mol. The highest BCUT2D eigenvalue weighted by Gasteiger charge is 2.25. The number of aliphatic hydroxyl groups is 1. The molecule has 1 atom stereocenters. The van der Waals surface area contributed by atoms with Crippen LogP contribution in [0.5, 0.6) is 0 Å². The van der Waals surface area contributed by atoms with Crippen molar-refractivity contribution in [2.75, 3.05) is 0 Å². The molecule has 0 radical (unpaired) electrons. The molecule has 30 heavy (non-hydrogen) atoms. The van der Waals surface area contributed by atoms with Gasteiger partial charge in [-0.2, -0.15) is 0 Å². The third-order valence-electron chi connectivity index (χ3n) is 5.16. The number of carbonyl (C=O) groups is 2. The van der Waals surface area contributed by atoms with Gasteiger partial charge >= 0.3 is 5.91 Å². The molecule has 154 valence electrons. The highest BCUT2D eigenvalue weighted by molar-refractivity contribution is 8.02. The monoisotopic (exact) mass is 421 g/mol. The van der Waals surface area contributed by atoms with Crippen LogP contribution in [-0.2, 0) is 17.0 Å². The molecule has 1 unspecified atom stereocenters. The van der Waals surface area contributed by atoms with Gasteiger partial charge in [0, 0.05) is 27.0 Å². The third kappa shape index (κ3) is 5.13. The number of amides is 1. The maximum Gasteiger partial charge on any atom is 0.316 e. The smallest absolute Gasteiger partial charge is 0.316 e. The first kappa shape index (κ1) is 21.7. The van der Waals surface area contributed by atoms with E-state index in [0.717, 1.165) is 32.9 Å². The SMILES string of the molecule is CC(=O)C1CC=C(SCc2cccc(Cc3cccc(C(=O)N=O)c3)c2)C(C)=C1O. The number of thioether (sulfide) groups is 1. The molecule has 3 rings (SSSR count). The Balaban J connectivity index is 1.68. The fourth-order valence-corrected chi connectivity index (χ4v) is 4.53. The number of hydrogen-bond acceptors (Lipinski definition) is 5. The number of nitroso groups, excluding NO2 is 1. The second-order valence-electron chi connectivity index (χ2n) is 7.36. The number of hydrogen-bond donors (Lipinski definition) is 1. The van der Waals surface area contributed by atoms with Crippen LogP contribution in [0.1, 0.15) is 47.3 Å². The second kappa shape index (κ2) is 9.67. The van der Waals surface area contributed by atoms with E-state index in [1.54, 1.807) is 30.0 Å². The Kier molecular flexibility index (Phi) is 7.00. The van der Waals surface area contributed by atoms with Gasteiger partial charge in [-0.1, -0.05) is 42.5 Å².